The van der Waals surface area contributed by atoms with Crippen LogP contribution in [0, 0.1) is 51.2 Å². The van der Waals surface area contributed by atoms with Gasteiger partial charge in [-0.15, -0.1) is 0 Å². The third kappa shape index (κ3) is 3.76. The second kappa shape index (κ2) is 8.91. The van der Waals surface area contributed by atoms with Crippen molar-refractivity contribution in [1.82, 2.24) is 10.2 Å². The monoisotopic (exact) mass is 584 g/mol. The van der Waals surface area contributed by atoms with Crippen LogP contribution in [0.1, 0.15) is 110 Å². The molecule has 5 aliphatic carbocycles. The van der Waals surface area contributed by atoms with E-state index < -0.39 is 5.97 Å². The van der Waals surface area contributed by atoms with Crippen molar-refractivity contribution in [2.75, 3.05) is 11.5 Å². The smallest absolute Gasteiger partial charge is 0.306 e. The molecule has 3 fully saturated rings. The molecule has 0 aliphatic heterocycles. The number of carboxylic acids is 1. The van der Waals surface area contributed by atoms with Crippen LogP contribution in [0.15, 0.2) is 29.8 Å². The number of nitrogens with zero attached hydrogens (tertiary/aromatic N) is 1. The second-order valence-corrected chi connectivity index (χ2v) is 17.3. The van der Waals surface area contributed by atoms with E-state index >= 15 is 0 Å². The Morgan fingerprint density at radius 2 is 1.74 bits per heavy atom. The summed E-state index contributed by atoms with van der Waals surface area (Å²) in [6.45, 7) is 17.1. The maximum Gasteiger partial charge on any atom is 0.306 e. The molecule has 1 aromatic carbocycles. The summed E-state index contributed by atoms with van der Waals surface area (Å²) in [6.07, 6.45) is 8.19. The summed E-state index contributed by atoms with van der Waals surface area (Å²) in [5.74, 6) is 1.27. The zero-order chi connectivity index (χ0) is 30.9. The van der Waals surface area contributed by atoms with E-state index in [4.69, 9.17) is 16.6 Å². The van der Waals surface area contributed by atoms with Crippen molar-refractivity contribution in [1.29, 1.82) is 0 Å². The zero-order valence-corrected chi connectivity index (χ0v) is 27.3. The molecule has 5 aliphatic rings. The number of fused-ring (bicyclic) bond motifs is 8. The highest BCUT2D eigenvalue weighted by molar-refractivity contribution is 5.76. The molecular formula is C37H52N4O2. The number of hydrogen-bond acceptors (Lipinski definition) is 4. The highest BCUT2D eigenvalue weighted by Crippen LogP contribution is 2.76. The number of hydrogen-bond donors (Lipinski definition) is 4. The normalized spacial score (nSPS) is 40.9. The van der Waals surface area contributed by atoms with Gasteiger partial charge in [0.15, 0.2) is 0 Å². The molecule has 43 heavy (non-hydrogen) atoms. The molecule has 6 nitrogen and oxygen atoms in total. The largest absolute Gasteiger partial charge is 0.481 e. The number of allylic oxidation sites excluding steroid dienone is 2. The van der Waals surface area contributed by atoms with E-state index in [1.165, 1.54) is 29.5 Å². The quantitative estimate of drug-likeness (QED) is 0.268. The van der Waals surface area contributed by atoms with E-state index in [9.17, 15) is 9.90 Å². The summed E-state index contributed by atoms with van der Waals surface area (Å²) in [4.78, 5) is 12.7. The summed E-state index contributed by atoms with van der Waals surface area (Å²) in [6, 6.07) is 8.52. The third-order valence-corrected chi connectivity index (χ3v) is 14.3. The number of carboxylic acid groups (broad SMARTS) is 1. The standard InChI is InChI=1S/C37H52N4O2/c1-33(2)17-24-22(25(18-33)32(42)43)11-13-37(7)29(24)23(20-9-8-10-21(38)15-20)16-28-35(5)19-26-30(40-41-31(26)39)34(3,4)27(35)12-14-36(28,37)6/h8-10,15,22,24-25,27-28H,11-14,16-19,38H2,1-7H3,(H,42,43)(H3,39,40,41)/t22?,24?,25-,27?,28?,35?,36?,37?/m1/s1. The lowest BCUT2D eigenvalue weighted by molar-refractivity contribution is -0.161. The van der Waals surface area contributed by atoms with Crippen molar-refractivity contribution in [2.24, 2.45) is 51.2 Å². The van der Waals surface area contributed by atoms with Gasteiger partial charge >= 0.3 is 5.97 Å². The van der Waals surface area contributed by atoms with Crippen molar-refractivity contribution >= 4 is 23.0 Å². The number of nitrogens with one attached hydrogen (secondary N) is 1. The molecule has 6 N–H and O–H groups in total. The Morgan fingerprint density at radius 3 is 2.44 bits per heavy atom. The first kappa shape index (κ1) is 29.0. The van der Waals surface area contributed by atoms with Gasteiger partial charge in [0.25, 0.3) is 0 Å². The van der Waals surface area contributed by atoms with Crippen molar-refractivity contribution in [2.45, 2.75) is 105 Å². The molecule has 0 radical (unpaired) electrons. The fourth-order valence-corrected chi connectivity index (χ4v) is 12.4. The van der Waals surface area contributed by atoms with E-state index in [2.05, 4.69) is 71.8 Å². The summed E-state index contributed by atoms with van der Waals surface area (Å²) < 4.78 is 0. The molecule has 7 unspecified atom stereocenters. The van der Waals surface area contributed by atoms with Gasteiger partial charge in [0.2, 0.25) is 0 Å². The molecule has 2 aromatic rings. The van der Waals surface area contributed by atoms with Gasteiger partial charge in [-0.25, -0.2) is 0 Å². The first-order chi connectivity index (χ1) is 20.0. The Morgan fingerprint density at radius 1 is 1.00 bits per heavy atom. The van der Waals surface area contributed by atoms with Gasteiger partial charge in [-0.3, -0.25) is 9.89 Å². The van der Waals surface area contributed by atoms with Crippen molar-refractivity contribution in [3.05, 3.63) is 46.7 Å². The number of aromatic nitrogens is 2. The number of benzene rings is 1. The maximum atomic E-state index is 12.7. The van der Waals surface area contributed by atoms with Crippen LogP contribution in [-0.4, -0.2) is 21.3 Å². The molecule has 7 rings (SSSR count). The fraction of sp³-hybridized carbons (Fsp3) is 0.676. The van der Waals surface area contributed by atoms with E-state index in [1.54, 1.807) is 5.57 Å². The topological polar surface area (TPSA) is 118 Å². The summed E-state index contributed by atoms with van der Waals surface area (Å²) in [7, 11) is 0. The van der Waals surface area contributed by atoms with Gasteiger partial charge in [0.1, 0.15) is 5.82 Å². The minimum Gasteiger partial charge on any atom is -0.481 e. The van der Waals surface area contributed by atoms with E-state index in [1.807, 2.05) is 6.07 Å². The van der Waals surface area contributed by atoms with Gasteiger partial charge in [-0.05, 0) is 120 Å². The van der Waals surface area contributed by atoms with Crippen LogP contribution >= 0.6 is 0 Å². The van der Waals surface area contributed by atoms with Gasteiger partial charge < -0.3 is 16.6 Å². The Labute approximate surface area is 257 Å². The SMILES string of the molecule is CC1(C)CC2C3=C(c4cccc(N)c4)CC4C5(C)Cc6c(n[nH]c6N)C(C)(C)C5CCC4(C)C3(C)CCC2[C@H](C(=O)O)C1. The molecule has 8 atom stereocenters. The molecule has 1 aromatic heterocycles. The summed E-state index contributed by atoms with van der Waals surface area (Å²) in [5, 5.41) is 18.4. The Kier molecular flexibility index (Phi) is 6.01. The van der Waals surface area contributed by atoms with Gasteiger partial charge in [0, 0.05) is 16.7 Å². The second-order valence-electron chi connectivity index (χ2n) is 17.3. The molecule has 6 heteroatoms. The van der Waals surface area contributed by atoms with Crippen molar-refractivity contribution < 1.29 is 9.90 Å². The average molecular weight is 585 g/mol. The number of nitrogens with two attached hydrogens (primary N) is 2. The van der Waals surface area contributed by atoms with Crippen LogP contribution in [0.3, 0.4) is 0 Å². The third-order valence-electron chi connectivity index (χ3n) is 14.3. The van der Waals surface area contributed by atoms with Crippen LogP contribution in [0.2, 0.25) is 0 Å². The van der Waals surface area contributed by atoms with Crippen LogP contribution in [0.5, 0.6) is 0 Å². The predicted molar refractivity (Wildman–Crippen MR) is 173 cm³/mol. The van der Waals surface area contributed by atoms with Crippen molar-refractivity contribution in [3.8, 4) is 0 Å². The van der Waals surface area contributed by atoms with Crippen LogP contribution < -0.4 is 11.5 Å². The highest BCUT2D eigenvalue weighted by atomic mass is 16.4. The number of nitrogen functional groups attached to an aromatic ring is 2. The van der Waals surface area contributed by atoms with E-state index in [0.29, 0.717) is 11.8 Å². The Balaban J connectivity index is 1.46. The Hall–Kier alpha value is -2.76. The number of rotatable bonds is 2. The zero-order valence-electron chi connectivity index (χ0n) is 27.3. The number of carbonyl (C=O) groups is 1. The molecule has 232 valence electrons. The maximum absolute atomic E-state index is 12.7. The fourth-order valence-electron chi connectivity index (χ4n) is 12.4. The van der Waals surface area contributed by atoms with E-state index in [0.717, 1.165) is 55.7 Å². The lowest BCUT2D eigenvalue weighted by Gasteiger charge is -2.70. The molecule has 1 heterocycles. The predicted octanol–water partition coefficient (Wildman–Crippen LogP) is 7.86. The molecule has 3 saturated carbocycles. The minimum atomic E-state index is -0.608. The minimum absolute atomic E-state index is 0.0136. The number of H-pyrrole nitrogens is 1. The van der Waals surface area contributed by atoms with Gasteiger partial charge in [0.05, 0.1) is 11.6 Å². The number of anilines is 2. The van der Waals surface area contributed by atoms with E-state index in [-0.39, 0.29) is 44.8 Å². The number of aromatic amines is 1. The lowest BCUT2D eigenvalue weighted by Crippen LogP contribution is -2.64. The van der Waals surface area contributed by atoms with Crippen LogP contribution in [0.25, 0.3) is 5.57 Å². The summed E-state index contributed by atoms with van der Waals surface area (Å²) >= 11 is 0. The molecule has 0 saturated heterocycles. The molecule has 0 bridgehead atoms. The number of aliphatic carboxylic acids is 1. The highest BCUT2D eigenvalue weighted by Gasteiger charge is 2.68. The first-order valence-corrected chi connectivity index (χ1v) is 16.7. The molecular weight excluding hydrogens is 532 g/mol. The average Bonchev–Trinajstić information content (AvgIpc) is 3.28. The first-order valence-electron chi connectivity index (χ1n) is 16.7. The van der Waals surface area contributed by atoms with Crippen molar-refractivity contribution in [3.63, 3.8) is 0 Å². The molecule has 0 amide bonds. The van der Waals surface area contributed by atoms with Gasteiger partial charge in [-0.2, -0.15) is 5.10 Å². The lowest BCUT2D eigenvalue weighted by atomic mass is 9.33. The molecule has 0 spiro atoms. The van der Waals surface area contributed by atoms with Crippen LogP contribution in [-0.2, 0) is 16.6 Å². The summed E-state index contributed by atoms with van der Waals surface area (Å²) in [5.41, 5.74) is 20.5. The van der Waals surface area contributed by atoms with Crippen LogP contribution in [0.4, 0.5) is 11.5 Å². The van der Waals surface area contributed by atoms with Gasteiger partial charge in [-0.1, -0.05) is 66.2 Å². The Bertz CT molecular complexity index is 1530.